The van der Waals surface area contributed by atoms with Crippen molar-refractivity contribution >= 4 is 30.3 Å². The number of isocyanates is 4. The molecular weight excluding hydrogens is 392 g/mol. The van der Waals surface area contributed by atoms with Crippen LogP contribution in [-0.2, 0) is 28.7 Å². The number of hydrogen-bond acceptors (Lipinski definition) is 10. The molecule has 10 heteroatoms. The normalized spacial score (nSPS) is 11.6. The van der Waals surface area contributed by atoms with E-state index in [1.165, 1.54) is 25.3 Å². The van der Waals surface area contributed by atoms with Gasteiger partial charge in [-0.3, -0.25) is 0 Å². The number of unbranched alkanes of at least 4 members (excludes halogenated alkanes) is 1. The predicted octanol–water partition coefficient (Wildman–Crippen LogP) is 2.47. The van der Waals surface area contributed by atoms with Crippen molar-refractivity contribution in [1.29, 1.82) is 0 Å². The fourth-order valence-electron chi connectivity index (χ4n) is 2.70. The van der Waals surface area contributed by atoms with Crippen molar-refractivity contribution in [2.45, 2.75) is 58.9 Å². The summed E-state index contributed by atoms with van der Waals surface area (Å²) in [5.74, 6) is -0.101. The fourth-order valence-corrected chi connectivity index (χ4v) is 2.70. The minimum atomic E-state index is -0.798. The summed E-state index contributed by atoms with van der Waals surface area (Å²) in [4.78, 5) is 64.4. The molecule has 166 valence electrons. The number of hydrogen-bond donors (Lipinski definition) is 0. The molecule has 0 rings (SSSR count). The second-order valence-electron chi connectivity index (χ2n) is 7.37. The smallest absolute Gasteiger partial charge is 0.331 e. The zero-order chi connectivity index (χ0) is 23.3. The van der Waals surface area contributed by atoms with Gasteiger partial charge >= 0.3 is 5.97 Å². The number of nitrogens with zero attached hydrogens (tertiary/aromatic N) is 4. The molecule has 0 N–H and O–H groups in total. The minimum absolute atomic E-state index is 0.00171. The Kier molecular flexibility index (Phi) is 18.8. The third kappa shape index (κ3) is 18.4. The van der Waals surface area contributed by atoms with E-state index in [1.807, 2.05) is 0 Å². The van der Waals surface area contributed by atoms with E-state index in [2.05, 4.69) is 45.5 Å². The third-order valence-electron chi connectivity index (χ3n) is 4.01. The van der Waals surface area contributed by atoms with Crippen LogP contribution in [0.5, 0.6) is 0 Å². The lowest BCUT2D eigenvalue weighted by atomic mass is 9.82. The lowest BCUT2D eigenvalue weighted by molar-refractivity contribution is -0.142. The molecule has 0 fully saturated rings. The number of carbonyl (C=O) groups is 1. The van der Waals surface area contributed by atoms with E-state index in [0.29, 0.717) is 44.8 Å². The number of aliphatic imine (C=N–C) groups is 4. The van der Waals surface area contributed by atoms with Crippen molar-refractivity contribution in [2.24, 2.45) is 31.3 Å². The van der Waals surface area contributed by atoms with Crippen LogP contribution in [0.25, 0.3) is 0 Å². The van der Waals surface area contributed by atoms with Crippen molar-refractivity contribution in [1.82, 2.24) is 0 Å². The standard InChI is InChI=1S/C11H18N2O2.C9H12N2O4/c1-10(4-5-12-8-14)6-11(2,3)7-13-9-15;1-15-9(14)8(11-7-13)4-2-3-5-10-6-12/h10H,4-7H2,1-3H3;8H,2-5H2,1H3. The maximum Gasteiger partial charge on any atom is 0.331 e. The van der Waals surface area contributed by atoms with E-state index in [4.69, 9.17) is 0 Å². The second kappa shape index (κ2) is 19.3. The van der Waals surface area contributed by atoms with Gasteiger partial charge in [0.2, 0.25) is 24.3 Å². The highest BCUT2D eigenvalue weighted by atomic mass is 16.5. The largest absolute Gasteiger partial charge is 0.467 e. The Balaban J connectivity index is 0. The number of carbonyl (C=O) groups excluding carboxylic acids is 5. The van der Waals surface area contributed by atoms with Crippen LogP contribution in [0.15, 0.2) is 20.0 Å². The Labute approximate surface area is 176 Å². The van der Waals surface area contributed by atoms with Crippen LogP contribution in [-0.4, -0.2) is 63.1 Å². The summed E-state index contributed by atoms with van der Waals surface area (Å²) in [5.41, 5.74) is 0.00171. The number of esters is 1. The molecule has 2 atom stereocenters. The maximum absolute atomic E-state index is 11.0. The number of methoxy groups -OCH3 is 1. The Morgan fingerprint density at radius 2 is 1.50 bits per heavy atom. The third-order valence-corrected chi connectivity index (χ3v) is 4.01. The van der Waals surface area contributed by atoms with E-state index in [9.17, 15) is 24.0 Å². The molecule has 2 unspecified atom stereocenters. The second-order valence-corrected chi connectivity index (χ2v) is 7.37. The Morgan fingerprint density at radius 1 is 0.900 bits per heavy atom. The van der Waals surface area contributed by atoms with Crippen LogP contribution in [0.4, 0.5) is 0 Å². The molecule has 0 heterocycles. The molecule has 0 aliphatic carbocycles. The van der Waals surface area contributed by atoms with E-state index in [0.717, 1.165) is 12.8 Å². The summed E-state index contributed by atoms with van der Waals surface area (Å²) >= 11 is 0. The first-order valence-electron chi connectivity index (χ1n) is 9.53. The summed E-state index contributed by atoms with van der Waals surface area (Å²) in [6.07, 6.45) is 9.27. The van der Waals surface area contributed by atoms with Crippen molar-refractivity contribution in [3.05, 3.63) is 0 Å². The minimum Gasteiger partial charge on any atom is -0.467 e. The van der Waals surface area contributed by atoms with Gasteiger partial charge in [0.05, 0.1) is 26.7 Å². The van der Waals surface area contributed by atoms with Gasteiger partial charge in [0.25, 0.3) is 0 Å². The van der Waals surface area contributed by atoms with Crippen LogP contribution in [0, 0.1) is 11.3 Å². The van der Waals surface area contributed by atoms with Gasteiger partial charge in [-0.25, -0.2) is 38.9 Å². The summed E-state index contributed by atoms with van der Waals surface area (Å²) in [5, 5.41) is 0. The lowest BCUT2D eigenvalue weighted by Crippen LogP contribution is -2.20. The molecule has 0 aromatic rings. The highest BCUT2D eigenvalue weighted by Gasteiger charge is 2.20. The van der Waals surface area contributed by atoms with Gasteiger partial charge in [-0.2, -0.15) is 4.99 Å². The molecular formula is C20H30N4O6. The van der Waals surface area contributed by atoms with Crippen LogP contribution in [0.2, 0.25) is 0 Å². The van der Waals surface area contributed by atoms with Gasteiger partial charge < -0.3 is 4.74 Å². The molecule has 0 aromatic carbocycles. The Hall–Kier alpha value is -3.01. The zero-order valence-corrected chi connectivity index (χ0v) is 18.0. The molecule has 10 nitrogen and oxygen atoms in total. The number of rotatable bonds is 14. The maximum atomic E-state index is 11.0. The molecule has 0 amide bonds. The molecule has 0 spiro atoms. The van der Waals surface area contributed by atoms with Crippen LogP contribution >= 0.6 is 0 Å². The summed E-state index contributed by atoms with van der Waals surface area (Å²) in [6, 6.07) is -0.798. The molecule has 0 radical (unpaired) electrons. The van der Waals surface area contributed by atoms with Gasteiger partial charge in [0, 0.05) is 0 Å². The van der Waals surface area contributed by atoms with Crippen LogP contribution in [0.3, 0.4) is 0 Å². The van der Waals surface area contributed by atoms with Crippen molar-refractivity contribution in [2.75, 3.05) is 26.7 Å². The van der Waals surface area contributed by atoms with Gasteiger partial charge in [0.1, 0.15) is 0 Å². The van der Waals surface area contributed by atoms with Gasteiger partial charge in [-0.15, -0.1) is 0 Å². The molecule has 0 saturated carbocycles. The first-order valence-corrected chi connectivity index (χ1v) is 9.53. The van der Waals surface area contributed by atoms with Crippen molar-refractivity contribution in [3.8, 4) is 0 Å². The molecule has 0 saturated heterocycles. The number of ether oxygens (including phenoxy) is 1. The van der Waals surface area contributed by atoms with Gasteiger partial charge in [0.15, 0.2) is 6.04 Å². The average molecular weight is 422 g/mol. The van der Waals surface area contributed by atoms with Crippen LogP contribution < -0.4 is 0 Å². The quantitative estimate of drug-likeness (QED) is 0.182. The molecule has 0 aromatic heterocycles. The first kappa shape index (κ1) is 29.2. The lowest BCUT2D eigenvalue weighted by Gasteiger charge is -2.25. The Bertz CT molecular complexity index is 683. The van der Waals surface area contributed by atoms with Crippen LogP contribution in [0.1, 0.15) is 52.9 Å². The van der Waals surface area contributed by atoms with E-state index >= 15 is 0 Å². The molecule has 0 bridgehead atoms. The van der Waals surface area contributed by atoms with Crippen molar-refractivity contribution in [3.63, 3.8) is 0 Å². The predicted molar refractivity (Wildman–Crippen MR) is 109 cm³/mol. The van der Waals surface area contributed by atoms with E-state index in [1.54, 1.807) is 6.08 Å². The van der Waals surface area contributed by atoms with Gasteiger partial charge in [-0.1, -0.05) is 20.8 Å². The SMILES string of the molecule is CC(CCN=C=O)CC(C)(C)CN=C=O.COC(=O)C(CCCCN=C=O)N=C=O. The van der Waals surface area contributed by atoms with E-state index in [-0.39, 0.29) is 5.41 Å². The zero-order valence-electron chi connectivity index (χ0n) is 18.0. The molecule has 0 aliphatic rings. The van der Waals surface area contributed by atoms with Crippen molar-refractivity contribution < 1.29 is 28.7 Å². The highest BCUT2D eigenvalue weighted by Crippen LogP contribution is 2.27. The topological polar surface area (TPSA) is 144 Å². The Morgan fingerprint density at radius 3 is 2.03 bits per heavy atom. The first-order chi connectivity index (χ1) is 14.3. The molecule has 0 aliphatic heterocycles. The molecule has 30 heavy (non-hydrogen) atoms. The fraction of sp³-hybridized carbons (Fsp3) is 0.750. The summed E-state index contributed by atoms with van der Waals surface area (Å²) in [7, 11) is 1.23. The van der Waals surface area contributed by atoms with E-state index < -0.39 is 12.0 Å². The summed E-state index contributed by atoms with van der Waals surface area (Å²) in [6.45, 7) is 7.62. The highest BCUT2D eigenvalue weighted by molar-refractivity contribution is 5.76. The average Bonchev–Trinajstić information content (AvgIpc) is 2.71. The van der Waals surface area contributed by atoms with Gasteiger partial charge in [-0.05, 0) is 43.4 Å². The monoisotopic (exact) mass is 422 g/mol. The summed E-state index contributed by atoms with van der Waals surface area (Å²) < 4.78 is 4.45.